The standard InChI is InChI=1S/C17H17F2NO/c1-10(12-6-13(18)9-14(19)7-12)20-17-15-5-3-2-4-11(15)8-16(17)21/h2-7,9-10,16-17,20-21H,8H2,1H3. The van der Waals surface area contributed by atoms with Gasteiger partial charge in [0.2, 0.25) is 0 Å². The number of hydrogen-bond donors (Lipinski definition) is 2. The van der Waals surface area contributed by atoms with E-state index >= 15 is 0 Å². The number of nitrogens with one attached hydrogen (secondary N) is 1. The number of halogens is 2. The predicted octanol–water partition coefficient (Wildman–Crippen LogP) is 3.27. The van der Waals surface area contributed by atoms with Crippen molar-refractivity contribution in [1.82, 2.24) is 5.32 Å². The van der Waals surface area contributed by atoms with Gasteiger partial charge in [-0.25, -0.2) is 8.78 Å². The first-order valence-corrected chi connectivity index (χ1v) is 7.02. The summed E-state index contributed by atoms with van der Waals surface area (Å²) >= 11 is 0. The summed E-state index contributed by atoms with van der Waals surface area (Å²) in [7, 11) is 0. The van der Waals surface area contributed by atoms with Crippen molar-refractivity contribution in [1.29, 1.82) is 0 Å². The molecule has 2 aromatic carbocycles. The zero-order valence-electron chi connectivity index (χ0n) is 11.7. The first kappa shape index (κ1) is 14.2. The molecule has 1 aliphatic rings. The maximum Gasteiger partial charge on any atom is 0.126 e. The molecule has 2 N–H and O–H groups in total. The lowest BCUT2D eigenvalue weighted by molar-refractivity contribution is 0.136. The second-order valence-corrected chi connectivity index (χ2v) is 5.54. The van der Waals surface area contributed by atoms with Crippen molar-refractivity contribution >= 4 is 0 Å². The summed E-state index contributed by atoms with van der Waals surface area (Å²) < 4.78 is 26.6. The lowest BCUT2D eigenvalue weighted by Crippen LogP contribution is -2.31. The molecule has 3 atom stereocenters. The molecule has 0 saturated carbocycles. The Hall–Kier alpha value is -1.78. The van der Waals surface area contributed by atoms with Crippen LogP contribution in [0.1, 0.15) is 35.7 Å². The average Bonchev–Trinajstić information content (AvgIpc) is 2.74. The van der Waals surface area contributed by atoms with Gasteiger partial charge in [0.05, 0.1) is 12.1 Å². The maximum atomic E-state index is 13.3. The van der Waals surface area contributed by atoms with Crippen LogP contribution in [0.3, 0.4) is 0 Å². The van der Waals surface area contributed by atoms with Crippen LogP contribution in [-0.4, -0.2) is 11.2 Å². The third kappa shape index (κ3) is 2.82. The quantitative estimate of drug-likeness (QED) is 0.909. The van der Waals surface area contributed by atoms with Crippen molar-refractivity contribution in [2.75, 3.05) is 0 Å². The first-order valence-electron chi connectivity index (χ1n) is 7.02. The third-order valence-electron chi connectivity index (χ3n) is 4.02. The number of benzene rings is 2. The van der Waals surface area contributed by atoms with Crippen LogP contribution in [0.4, 0.5) is 8.78 Å². The first-order chi connectivity index (χ1) is 10.0. The van der Waals surface area contributed by atoms with Crippen LogP contribution in [0, 0.1) is 11.6 Å². The highest BCUT2D eigenvalue weighted by molar-refractivity contribution is 5.36. The van der Waals surface area contributed by atoms with Crippen molar-refractivity contribution in [3.05, 3.63) is 70.8 Å². The average molecular weight is 289 g/mol. The van der Waals surface area contributed by atoms with Gasteiger partial charge in [-0.15, -0.1) is 0 Å². The van der Waals surface area contributed by atoms with E-state index in [1.807, 2.05) is 31.2 Å². The SMILES string of the molecule is CC(NC1c2ccccc2CC1O)c1cc(F)cc(F)c1. The van der Waals surface area contributed by atoms with Gasteiger partial charge in [0, 0.05) is 18.5 Å². The Morgan fingerprint density at radius 3 is 2.52 bits per heavy atom. The van der Waals surface area contributed by atoms with Crippen LogP contribution in [0.2, 0.25) is 0 Å². The number of fused-ring (bicyclic) bond motifs is 1. The smallest absolute Gasteiger partial charge is 0.126 e. The van der Waals surface area contributed by atoms with Crippen LogP contribution in [-0.2, 0) is 6.42 Å². The van der Waals surface area contributed by atoms with Crippen LogP contribution < -0.4 is 5.32 Å². The number of aliphatic hydroxyl groups is 1. The van der Waals surface area contributed by atoms with E-state index in [0.717, 1.165) is 17.2 Å². The lowest BCUT2D eigenvalue weighted by atomic mass is 10.0. The fourth-order valence-corrected chi connectivity index (χ4v) is 2.97. The molecule has 4 heteroatoms. The largest absolute Gasteiger partial charge is 0.391 e. The summed E-state index contributed by atoms with van der Waals surface area (Å²) in [5.41, 5.74) is 2.69. The van der Waals surface area contributed by atoms with Crippen LogP contribution in [0.5, 0.6) is 0 Å². The van der Waals surface area contributed by atoms with E-state index in [4.69, 9.17) is 0 Å². The molecule has 0 saturated heterocycles. The van der Waals surface area contributed by atoms with E-state index < -0.39 is 17.7 Å². The number of rotatable bonds is 3. The molecule has 3 unspecified atom stereocenters. The van der Waals surface area contributed by atoms with Crippen LogP contribution in [0.15, 0.2) is 42.5 Å². The van der Waals surface area contributed by atoms with Gasteiger partial charge in [0.15, 0.2) is 0 Å². The van der Waals surface area contributed by atoms with E-state index in [1.54, 1.807) is 0 Å². The summed E-state index contributed by atoms with van der Waals surface area (Å²) in [6, 6.07) is 10.8. The molecule has 3 rings (SSSR count). The summed E-state index contributed by atoms with van der Waals surface area (Å²) in [4.78, 5) is 0. The molecular formula is C17H17F2NO. The Labute approximate surface area is 122 Å². The molecule has 0 heterocycles. The molecule has 2 aromatic rings. The van der Waals surface area contributed by atoms with Gasteiger partial charge < -0.3 is 10.4 Å². The topological polar surface area (TPSA) is 32.3 Å². The zero-order chi connectivity index (χ0) is 15.0. The fraction of sp³-hybridized carbons (Fsp3) is 0.294. The van der Waals surface area contributed by atoms with E-state index in [2.05, 4.69) is 5.32 Å². The van der Waals surface area contributed by atoms with Gasteiger partial charge in [-0.05, 0) is 35.7 Å². The number of hydrogen-bond acceptors (Lipinski definition) is 2. The Balaban J connectivity index is 1.83. The Morgan fingerprint density at radius 2 is 1.81 bits per heavy atom. The van der Waals surface area contributed by atoms with Crippen molar-refractivity contribution in [3.63, 3.8) is 0 Å². The van der Waals surface area contributed by atoms with E-state index in [1.165, 1.54) is 12.1 Å². The molecule has 0 aromatic heterocycles. The van der Waals surface area contributed by atoms with E-state index in [-0.39, 0.29) is 12.1 Å². The van der Waals surface area contributed by atoms with Gasteiger partial charge in [-0.1, -0.05) is 24.3 Å². The third-order valence-corrected chi connectivity index (χ3v) is 4.02. The zero-order valence-corrected chi connectivity index (χ0v) is 11.7. The predicted molar refractivity (Wildman–Crippen MR) is 76.8 cm³/mol. The summed E-state index contributed by atoms with van der Waals surface area (Å²) in [6.45, 7) is 1.84. The molecule has 1 aliphatic carbocycles. The van der Waals surface area contributed by atoms with Crippen molar-refractivity contribution in [2.45, 2.75) is 31.5 Å². The molecule has 0 amide bonds. The summed E-state index contributed by atoms with van der Waals surface area (Å²) in [6.07, 6.45) is 0.0705. The van der Waals surface area contributed by atoms with Crippen molar-refractivity contribution in [3.8, 4) is 0 Å². The highest BCUT2D eigenvalue weighted by Crippen LogP contribution is 2.33. The second-order valence-electron chi connectivity index (χ2n) is 5.54. The highest BCUT2D eigenvalue weighted by atomic mass is 19.1. The molecular weight excluding hydrogens is 272 g/mol. The van der Waals surface area contributed by atoms with Crippen LogP contribution in [0.25, 0.3) is 0 Å². The monoisotopic (exact) mass is 289 g/mol. The normalized spacial score (nSPS) is 22.1. The molecule has 2 nitrogen and oxygen atoms in total. The fourth-order valence-electron chi connectivity index (χ4n) is 2.97. The summed E-state index contributed by atoms with van der Waals surface area (Å²) in [5, 5.41) is 13.5. The molecule has 0 aliphatic heterocycles. The minimum Gasteiger partial charge on any atom is -0.391 e. The highest BCUT2D eigenvalue weighted by Gasteiger charge is 2.31. The van der Waals surface area contributed by atoms with Gasteiger partial charge >= 0.3 is 0 Å². The minimum atomic E-state index is -0.592. The second kappa shape index (κ2) is 5.54. The Kier molecular flexibility index (Phi) is 3.74. The van der Waals surface area contributed by atoms with E-state index in [0.29, 0.717) is 12.0 Å². The molecule has 0 radical (unpaired) electrons. The van der Waals surface area contributed by atoms with Crippen molar-refractivity contribution < 1.29 is 13.9 Å². The molecule has 0 fully saturated rings. The minimum absolute atomic E-state index is 0.220. The van der Waals surface area contributed by atoms with Gasteiger partial charge in [-0.3, -0.25) is 0 Å². The maximum absolute atomic E-state index is 13.3. The Bertz CT molecular complexity index is 639. The lowest BCUT2D eigenvalue weighted by Gasteiger charge is -2.23. The molecule has 0 bridgehead atoms. The van der Waals surface area contributed by atoms with Gasteiger partial charge in [0.1, 0.15) is 11.6 Å². The molecule has 21 heavy (non-hydrogen) atoms. The Morgan fingerprint density at radius 1 is 1.14 bits per heavy atom. The van der Waals surface area contributed by atoms with Crippen molar-refractivity contribution in [2.24, 2.45) is 0 Å². The van der Waals surface area contributed by atoms with Crippen LogP contribution >= 0.6 is 0 Å². The summed E-state index contributed by atoms with van der Waals surface area (Å²) in [5.74, 6) is -1.18. The number of aliphatic hydroxyl groups excluding tert-OH is 1. The van der Waals surface area contributed by atoms with Gasteiger partial charge in [-0.2, -0.15) is 0 Å². The van der Waals surface area contributed by atoms with E-state index in [9.17, 15) is 13.9 Å². The molecule has 110 valence electrons. The molecule has 0 spiro atoms. The van der Waals surface area contributed by atoms with Gasteiger partial charge in [0.25, 0.3) is 0 Å².